The van der Waals surface area contributed by atoms with Crippen LogP contribution in [0.3, 0.4) is 0 Å². The average molecular weight is 193 g/mol. The molecule has 0 aliphatic carbocycles. The van der Waals surface area contributed by atoms with Crippen LogP contribution in [0.1, 0.15) is 13.8 Å². The van der Waals surface area contributed by atoms with Crippen molar-refractivity contribution in [1.82, 2.24) is 5.32 Å². The van der Waals surface area contributed by atoms with Gasteiger partial charge in [-0.1, -0.05) is 0 Å². The Labute approximate surface area is 78.0 Å². The first kappa shape index (κ1) is 12.8. The molecule has 0 aromatic rings. The van der Waals surface area contributed by atoms with Crippen LogP contribution in [0.5, 0.6) is 0 Å². The van der Waals surface area contributed by atoms with Gasteiger partial charge in [0.1, 0.15) is 0 Å². The zero-order valence-electron chi connectivity index (χ0n) is 8.06. The lowest BCUT2D eigenvalue weighted by molar-refractivity contribution is 0.0200. The Morgan fingerprint density at radius 2 is 1.46 bits per heavy atom. The first-order valence-electron chi connectivity index (χ1n) is 4.29. The molecule has 0 spiro atoms. The lowest BCUT2D eigenvalue weighted by Crippen LogP contribution is -2.59. The molecular formula is C8H19NO4. The molecule has 80 valence electrons. The second kappa shape index (κ2) is 5.51. The molecule has 5 heteroatoms. The van der Waals surface area contributed by atoms with Crippen LogP contribution in [0, 0.1) is 0 Å². The van der Waals surface area contributed by atoms with E-state index in [1.165, 1.54) is 0 Å². The molecule has 0 saturated carbocycles. The molecule has 0 bridgehead atoms. The smallest absolute Gasteiger partial charge is 0.0884 e. The standard InChI is InChI=1S/C8H19NO4/c1-6(7(2)13)9-8(3-10,4-11)5-12/h6-7,9-13H,3-5H2,1-2H3. The fraction of sp³-hybridized carbons (Fsp3) is 1.00. The largest absolute Gasteiger partial charge is 0.394 e. The van der Waals surface area contributed by atoms with Crippen molar-refractivity contribution in [1.29, 1.82) is 0 Å². The summed E-state index contributed by atoms with van der Waals surface area (Å²) in [4.78, 5) is 0. The van der Waals surface area contributed by atoms with Crippen molar-refractivity contribution in [2.75, 3.05) is 19.8 Å². The highest BCUT2D eigenvalue weighted by molar-refractivity contribution is 4.89. The Morgan fingerprint density at radius 3 is 1.69 bits per heavy atom. The van der Waals surface area contributed by atoms with Crippen molar-refractivity contribution in [2.45, 2.75) is 31.5 Å². The van der Waals surface area contributed by atoms with Crippen LogP contribution in [0.15, 0.2) is 0 Å². The van der Waals surface area contributed by atoms with Crippen molar-refractivity contribution in [3.8, 4) is 0 Å². The normalized spacial score (nSPS) is 17.1. The predicted molar refractivity (Wildman–Crippen MR) is 48.3 cm³/mol. The van der Waals surface area contributed by atoms with Crippen LogP contribution in [-0.2, 0) is 0 Å². The Hall–Kier alpha value is -0.200. The fourth-order valence-electron chi connectivity index (χ4n) is 0.890. The molecule has 0 saturated heterocycles. The van der Waals surface area contributed by atoms with E-state index >= 15 is 0 Å². The number of rotatable bonds is 6. The molecule has 0 heterocycles. The van der Waals surface area contributed by atoms with Crippen LogP contribution in [0.2, 0.25) is 0 Å². The highest BCUT2D eigenvalue weighted by Gasteiger charge is 2.30. The molecule has 0 rings (SSSR count). The van der Waals surface area contributed by atoms with Crippen LogP contribution in [0.4, 0.5) is 0 Å². The predicted octanol–water partition coefficient (Wildman–Crippen LogP) is -1.94. The highest BCUT2D eigenvalue weighted by Crippen LogP contribution is 2.05. The van der Waals surface area contributed by atoms with Crippen molar-refractivity contribution in [2.24, 2.45) is 0 Å². The minimum absolute atomic E-state index is 0.300. The molecule has 5 N–H and O–H groups in total. The third-order valence-electron chi connectivity index (χ3n) is 2.17. The van der Waals surface area contributed by atoms with Gasteiger partial charge in [0.15, 0.2) is 0 Å². The lowest BCUT2D eigenvalue weighted by atomic mass is 10.0. The fourth-order valence-corrected chi connectivity index (χ4v) is 0.890. The zero-order chi connectivity index (χ0) is 10.5. The first-order chi connectivity index (χ1) is 6.01. The maximum Gasteiger partial charge on any atom is 0.0884 e. The molecule has 0 fully saturated rings. The van der Waals surface area contributed by atoms with Gasteiger partial charge in [0, 0.05) is 6.04 Å². The molecule has 5 nitrogen and oxygen atoms in total. The summed E-state index contributed by atoms with van der Waals surface area (Å²) in [5.74, 6) is 0. The maximum atomic E-state index is 9.16. The quantitative estimate of drug-likeness (QED) is 0.338. The van der Waals surface area contributed by atoms with Crippen molar-refractivity contribution >= 4 is 0 Å². The second-order valence-corrected chi connectivity index (χ2v) is 3.43. The summed E-state index contributed by atoms with van der Waals surface area (Å²) in [5.41, 5.74) is -1.11. The van der Waals surface area contributed by atoms with Gasteiger partial charge in [-0.2, -0.15) is 0 Å². The molecule has 0 aliphatic heterocycles. The van der Waals surface area contributed by atoms with Gasteiger partial charge in [0.25, 0.3) is 0 Å². The monoisotopic (exact) mass is 193 g/mol. The Morgan fingerprint density at radius 1 is 1.08 bits per heavy atom. The molecule has 2 atom stereocenters. The van der Waals surface area contributed by atoms with Crippen molar-refractivity contribution < 1.29 is 20.4 Å². The van der Waals surface area contributed by atoms with Crippen LogP contribution < -0.4 is 5.32 Å². The summed E-state index contributed by atoms with van der Waals surface area (Å²) in [7, 11) is 0. The van der Waals surface area contributed by atoms with E-state index < -0.39 is 11.6 Å². The van der Waals surface area contributed by atoms with Crippen molar-refractivity contribution in [3.63, 3.8) is 0 Å². The molecule has 0 amide bonds. The van der Waals surface area contributed by atoms with Gasteiger partial charge >= 0.3 is 0 Å². The Bertz CT molecular complexity index is 128. The summed E-state index contributed by atoms with van der Waals surface area (Å²) in [6, 6.07) is -0.300. The van der Waals surface area contributed by atoms with E-state index in [0.717, 1.165) is 0 Å². The maximum absolute atomic E-state index is 9.16. The van der Waals surface area contributed by atoms with Gasteiger partial charge in [0.2, 0.25) is 0 Å². The average Bonchev–Trinajstić information content (AvgIpc) is 2.14. The molecule has 2 unspecified atom stereocenters. The van der Waals surface area contributed by atoms with E-state index in [0.29, 0.717) is 0 Å². The third kappa shape index (κ3) is 3.58. The van der Waals surface area contributed by atoms with E-state index in [2.05, 4.69) is 5.32 Å². The van der Waals surface area contributed by atoms with Gasteiger partial charge in [-0.3, -0.25) is 0 Å². The molecule has 13 heavy (non-hydrogen) atoms. The van der Waals surface area contributed by atoms with Crippen molar-refractivity contribution in [3.05, 3.63) is 0 Å². The summed E-state index contributed by atoms with van der Waals surface area (Å²) in [6.45, 7) is 2.17. The number of hydrogen-bond acceptors (Lipinski definition) is 5. The SMILES string of the molecule is CC(O)C(C)NC(CO)(CO)CO. The number of aliphatic hydroxyl groups is 4. The van der Waals surface area contributed by atoms with E-state index in [9.17, 15) is 0 Å². The minimum atomic E-state index is -1.11. The third-order valence-corrected chi connectivity index (χ3v) is 2.17. The van der Waals surface area contributed by atoms with Crippen LogP contribution in [0.25, 0.3) is 0 Å². The van der Waals surface area contributed by atoms with Gasteiger partial charge in [-0.05, 0) is 13.8 Å². The topological polar surface area (TPSA) is 93.0 Å². The van der Waals surface area contributed by atoms with E-state index in [1.807, 2.05) is 0 Å². The second-order valence-electron chi connectivity index (χ2n) is 3.43. The van der Waals surface area contributed by atoms with Gasteiger partial charge < -0.3 is 25.7 Å². The van der Waals surface area contributed by atoms with E-state index in [-0.39, 0.29) is 25.9 Å². The summed E-state index contributed by atoms with van der Waals surface area (Å²) < 4.78 is 0. The van der Waals surface area contributed by atoms with Crippen LogP contribution in [-0.4, -0.2) is 57.9 Å². The summed E-state index contributed by atoms with van der Waals surface area (Å²) >= 11 is 0. The van der Waals surface area contributed by atoms with E-state index in [4.69, 9.17) is 20.4 Å². The summed E-state index contributed by atoms with van der Waals surface area (Å²) in [5, 5.41) is 38.8. The highest BCUT2D eigenvalue weighted by atomic mass is 16.3. The molecule has 0 aromatic heterocycles. The Balaban J connectivity index is 4.24. The van der Waals surface area contributed by atoms with Gasteiger partial charge in [-0.15, -0.1) is 0 Å². The number of nitrogens with one attached hydrogen (secondary N) is 1. The van der Waals surface area contributed by atoms with Gasteiger partial charge in [-0.25, -0.2) is 0 Å². The first-order valence-corrected chi connectivity index (χ1v) is 4.29. The molecule has 0 aromatic carbocycles. The zero-order valence-corrected chi connectivity index (χ0v) is 8.06. The molecular weight excluding hydrogens is 174 g/mol. The number of aliphatic hydroxyl groups excluding tert-OH is 4. The van der Waals surface area contributed by atoms with Gasteiger partial charge in [0.05, 0.1) is 31.5 Å². The minimum Gasteiger partial charge on any atom is -0.394 e. The summed E-state index contributed by atoms with van der Waals surface area (Å²) in [6.07, 6.45) is -0.607. The molecule has 0 aliphatic rings. The lowest BCUT2D eigenvalue weighted by Gasteiger charge is -2.33. The van der Waals surface area contributed by atoms with Crippen LogP contribution >= 0.6 is 0 Å². The number of hydrogen-bond donors (Lipinski definition) is 5. The Kier molecular flexibility index (Phi) is 5.43. The van der Waals surface area contributed by atoms with E-state index in [1.54, 1.807) is 13.8 Å². The molecule has 0 radical (unpaired) electrons.